The van der Waals surface area contributed by atoms with Gasteiger partial charge in [-0.05, 0) is 53.4 Å². The molecule has 0 saturated heterocycles. The lowest BCUT2D eigenvalue weighted by molar-refractivity contribution is 0.0696. The smallest absolute Gasteiger partial charge is 0.335 e. The molecule has 2 N–H and O–H groups in total. The Kier molecular flexibility index (Phi) is 4.76. The predicted molar refractivity (Wildman–Crippen MR) is 81.3 cm³/mol. The molecule has 0 aliphatic carbocycles. The average Bonchev–Trinajstić information content (AvgIpc) is 2.91. The highest BCUT2D eigenvalue weighted by Gasteiger charge is 2.20. The van der Waals surface area contributed by atoms with Crippen molar-refractivity contribution in [1.29, 1.82) is 0 Å². The van der Waals surface area contributed by atoms with Gasteiger partial charge >= 0.3 is 5.97 Å². The van der Waals surface area contributed by atoms with E-state index in [1.54, 1.807) is 11.3 Å². The molecule has 0 saturated carbocycles. The van der Waals surface area contributed by atoms with Crippen LogP contribution in [-0.2, 0) is 16.4 Å². The van der Waals surface area contributed by atoms with Gasteiger partial charge in [0.15, 0.2) is 0 Å². The summed E-state index contributed by atoms with van der Waals surface area (Å²) in [5.74, 6) is -1.14. The van der Waals surface area contributed by atoms with Crippen molar-refractivity contribution in [3.63, 3.8) is 0 Å². The van der Waals surface area contributed by atoms with Gasteiger partial charge in [-0.25, -0.2) is 17.9 Å². The second kappa shape index (κ2) is 6.38. The molecule has 0 spiro atoms. The second-order valence-electron chi connectivity index (χ2n) is 4.51. The van der Waals surface area contributed by atoms with E-state index in [9.17, 15) is 13.2 Å². The van der Waals surface area contributed by atoms with Crippen LogP contribution in [0.4, 0.5) is 0 Å². The molecule has 2 aromatic rings. The fourth-order valence-electron chi connectivity index (χ4n) is 1.98. The minimum absolute atomic E-state index is 0.00397. The molecule has 1 heterocycles. The monoisotopic (exact) mass is 325 g/mol. The van der Waals surface area contributed by atoms with Crippen molar-refractivity contribution in [1.82, 2.24) is 4.72 Å². The largest absolute Gasteiger partial charge is 0.478 e. The third-order valence-corrected chi connectivity index (χ3v) is 5.43. The molecular formula is C14H15NO4S2. The van der Waals surface area contributed by atoms with E-state index in [1.807, 2.05) is 16.8 Å². The van der Waals surface area contributed by atoms with E-state index < -0.39 is 16.0 Å². The first kappa shape index (κ1) is 15.7. The molecule has 2 rings (SSSR count). The molecule has 0 radical (unpaired) electrons. The molecule has 1 aromatic carbocycles. The van der Waals surface area contributed by atoms with Gasteiger partial charge in [-0.1, -0.05) is 6.07 Å². The Morgan fingerprint density at radius 1 is 1.33 bits per heavy atom. The Bertz CT molecular complexity index is 736. The lowest BCUT2D eigenvalue weighted by Crippen LogP contribution is -2.27. The van der Waals surface area contributed by atoms with Crippen LogP contribution < -0.4 is 4.72 Å². The van der Waals surface area contributed by atoms with Crippen LogP contribution in [-0.4, -0.2) is 26.0 Å². The fraction of sp³-hybridized carbons (Fsp3) is 0.214. The summed E-state index contributed by atoms with van der Waals surface area (Å²) >= 11 is 1.56. The Labute approximate surface area is 127 Å². The first-order chi connectivity index (χ1) is 9.92. The van der Waals surface area contributed by atoms with E-state index in [0.29, 0.717) is 6.42 Å². The first-order valence-electron chi connectivity index (χ1n) is 6.25. The SMILES string of the molecule is Cc1c(C(=O)O)cccc1S(=O)(=O)NCCc1ccsc1. The molecule has 0 bridgehead atoms. The van der Waals surface area contributed by atoms with Crippen LogP contribution in [0.5, 0.6) is 0 Å². The Balaban J connectivity index is 2.16. The molecule has 21 heavy (non-hydrogen) atoms. The number of hydrogen-bond donors (Lipinski definition) is 2. The molecule has 0 amide bonds. The third kappa shape index (κ3) is 3.69. The summed E-state index contributed by atoms with van der Waals surface area (Å²) in [6.07, 6.45) is 0.598. The molecule has 1 aromatic heterocycles. The number of aromatic carboxylic acids is 1. The van der Waals surface area contributed by atoms with Crippen LogP contribution in [0.15, 0.2) is 39.9 Å². The van der Waals surface area contributed by atoms with Gasteiger partial charge in [0.05, 0.1) is 10.5 Å². The number of nitrogens with one attached hydrogen (secondary N) is 1. The third-order valence-electron chi connectivity index (χ3n) is 3.09. The van der Waals surface area contributed by atoms with E-state index in [-0.39, 0.29) is 22.6 Å². The Morgan fingerprint density at radius 3 is 2.71 bits per heavy atom. The quantitative estimate of drug-likeness (QED) is 0.853. The highest BCUT2D eigenvalue weighted by molar-refractivity contribution is 7.89. The van der Waals surface area contributed by atoms with E-state index in [2.05, 4.69) is 4.72 Å². The summed E-state index contributed by atoms with van der Waals surface area (Å²) in [7, 11) is -3.71. The van der Waals surface area contributed by atoms with E-state index >= 15 is 0 Å². The van der Waals surface area contributed by atoms with Gasteiger partial charge in [0.1, 0.15) is 0 Å². The number of thiophene rings is 1. The zero-order chi connectivity index (χ0) is 15.5. The molecule has 0 unspecified atom stereocenters. The van der Waals surface area contributed by atoms with Crippen LogP contribution in [0, 0.1) is 6.92 Å². The zero-order valence-corrected chi connectivity index (χ0v) is 13.0. The molecule has 0 aliphatic heterocycles. The van der Waals surface area contributed by atoms with Crippen molar-refractivity contribution < 1.29 is 18.3 Å². The van der Waals surface area contributed by atoms with Gasteiger partial charge in [-0.15, -0.1) is 0 Å². The maximum Gasteiger partial charge on any atom is 0.335 e. The summed E-state index contributed by atoms with van der Waals surface area (Å²) in [5, 5.41) is 12.9. The Morgan fingerprint density at radius 2 is 2.10 bits per heavy atom. The number of rotatable bonds is 6. The van der Waals surface area contributed by atoms with Crippen molar-refractivity contribution in [3.8, 4) is 0 Å². The zero-order valence-electron chi connectivity index (χ0n) is 11.4. The summed E-state index contributed by atoms with van der Waals surface area (Å²) in [5.41, 5.74) is 1.31. The molecule has 0 aliphatic rings. The van der Waals surface area contributed by atoms with Crippen LogP contribution in [0.1, 0.15) is 21.5 Å². The van der Waals surface area contributed by atoms with E-state index in [4.69, 9.17) is 5.11 Å². The van der Waals surface area contributed by atoms with Crippen molar-refractivity contribution >= 4 is 27.3 Å². The highest BCUT2D eigenvalue weighted by atomic mass is 32.2. The lowest BCUT2D eigenvalue weighted by Gasteiger charge is -2.10. The van der Waals surface area contributed by atoms with E-state index in [1.165, 1.54) is 25.1 Å². The maximum absolute atomic E-state index is 12.3. The number of sulfonamides is 1. The molecule has 0 atom stereocenters. The topological polar surface area (TPSA) is 83.5 Å². The van der Waals surface area contributed by atoms with Crippen molar-refractivity contribution in [2.45, 2.75) is 18.2 Å². The number of benzene rings is 1. The second-order valence-corrected chi connectivity index (χ2v) is 7.03. The molecular weight excluding hydrogens is 310 g/mol. The fourth-order valence-corrected chi connectivity index (χ4v) is 3.98. The maximum atomic E-state index is 12.3. The minimum atomic E-state index is -3.71. The summed E-state index contributed by atoms with van der Waals surface area (Å²) in [6.45, 7) is 1.77. The van der Waals surface area contributed by atoms with E-state index in [0.717, 1.165) is 5.56 Å². The standard InChI is InChI=1S/C14H15NO4S2/c1-10-12(14(16)17)3-2-4-13(10)21(18,19)15-7-5-11-6-8-20-9-11/h2-4,6,8-9,15H,5,7H2,1H3,(H,16,17). The number of carboxylic acids is 1. The predicted octanol–water partition coefficient (Wildman–Crippen LogP) is 2.28. The van der Waals surface area contributed by atoms with Gasteiger partial charge in [0.2, 0.25) is 10.0 Å². The van der Waals surface area contributed by atoms with Crippen molar-refractivity contribution in [2.75, 3.05) is 6.54 Å². The molecule has 7 heteroatoms. The van der Waals surface area contributed by atoms with Gasteiger partial charge < -0.3 is 5.11 Å². The van der Waals surface area contributed by atoms with Crippen LogP contribution >= 0.6 is 11.3 Å². The van der Waals surface area contributed by atoms with Crippen LogP contribution in [0.2, 0.25) is 0 Å². The van der Waals surface area contributed by atoms with Crippen LogP contribution in [0.25, 0.3) is 0 Å². The average molecular weight is 325 g/mol. The van der Waals surface area contributed by atoms with Gasteiger partial charge in [0.25, 0.3) is 0 Å². The minimum Gasteiger partial charge on any atom is -0.478 e. The number of carboxylic acid groups (broad SMARTS) is 1. The molecule has 0 fully saturated rings. The van der Waals surface area contributed by atoms with Crippen LogP contribution in [0.3, 0.4) is 0 Å². The molecule has 112 valence electrons. The van der Waals surface area contributed by atoms with Gasteiger partial charge in [0, 0.05) is 6.54 Å². The normalized spacial score (nSPS) is 11.5. The Hall–Kier alpha value is -1.70. The summed E-state index contributed by atoms with van der Waals surface area (Å²) in [4.78, 5) is 11.1. The lowest BCUT2D eigenvalue weighted by atomic mass is 10.1. The summed E-state index contributed by atoms with van der Waals surface area (Å²) < 4.78 is 27.0. The molecule has 5 nitrogen and oxygen atoms in total. The van der Waals surface area contributed by atoms with Gasteiger partial charge in [-0.3, -0.25) is 0 Å². The number of carbonyl (C=O) groups is 1. The highest BCUT2D eigenvalue weighted by Crippen LogP contribution is 2.19. The van der Waals surface area contributed by atoms with Crippen molar-refractivity contribution in [2.24, 2.45) is 0 Å². The summed E-state index contributed by atoms with van der Waals surface area (Å²) in [6, 6.07) is 6.18. The van der Waals surface area contributed by atoms with Crippen molar-refractivity contribution in [3.05, 3.63) is 51.7 Å². The van der Waals surface area contributed by atoms with Gasteiger partial charge in [-0.2, -0.15) is 11.3 Å². The first-order valence-corrected chi connectivity index (χ1v) is 8.68. The number of hydrogen-bond acceptors (Lipinski definition) is 4.